The molecule has 2 aromatic rings. The lowest BCUT2D eigenvalue weighted by molar-refractivity contribution is 0.705. The first-order valence-electron chi connectivity index (χ1n) is 6.27. The highest BCUT2D eigenvalue weighted by atomic mass is 16.2. The van der Waals surface area contributed by atoms with Gasteiger partial charge in [0, 0.05) is 27.2 Å². The highest BCUT2D eigenvalue weighted by Crippen LogP contribution is 2.14. The summed E-state index contributed by atoms with van der Waals surface area (Å²) in [6.45, 7) is 4.10. The molecule has 104 valence electrons. The summed E-state index contributed by atoms with van der Waals surface area (Å²) < 4.78 is 4.18. The summed E-state index contributed by atoms with van der Waals surface area (Å²) in [5.41, 5.74) is 0.132. The quantitative estimate of drug-likeness (QED) is 0.859. The van der Waals surface area contributed by atoms with Crippen molar-refractivity contribution < 1.29 is 0 Å². The van der Waals surface area contributed by atoms with Crippen LogP contribution in [0.25, 0.3) is 11.2 Å². The van der Waals surface area contributed by atoms with Gasteiger partial charge in [0.2, 0.25) is 5.95 Å². The van der Waals surface area contributed by atoms with Crippen molar-refractivity contribution in [2.24, 2.45) is 21.1 Å². The number of imidazole rings is 1. The van der Waals surface area contributed by atoms with E-state index in [1.165, 1.54) is 11.6 Å². The van der Waals surface area contributed by atoms with E-state index >= 15 is 0 Å². The Morgan fingerprint density at radius 1 is 1.16 bits per heavy atom. The first-order valence-corrected chi connectivity index (χ1v) is 6.27. The maximum Gasteiger partial charge on any atom is 0.332 e. The predicted octanol–water partition coefficient (Wildman–Crippen LogP) is 0.181. The van der Waals surface area contributed by atoms with Gasteiger partial charge < -0.3 is 9.88 Å². The molecular formula is C12H19N5O2. The van der Waals surface area contributed by atoms with Crippen LogP contribution in [0.2, 0.25) is 0 Å². The first-order chi connectivity index (χ1) is 8.88. The lowest BCUT2D eigenvalue weighted by Gasteiger charge is -2.11. The van der Waals surface area contributed by atoms with Gasteiger partial charge in [-0.3, -0.25) is 13.9 Å². The first kappa shape index (κ1) is 13.4. The average Bonchev–Trinajstić information content (AvgIpc) is 2.71. The molecule has 0 unspecified atom stereocenters. The number of aromatic nitrogens is 4. The maximum atomic E-state index is 12.2. The molecular weight excluding hydrogens is 246 g/mol. The van der Waals surface area contributed by atoms with E-state index in [9.17, 15) is 9.59 Å². The summed E-state index contributed by atoms with van der Waals surface area (Å²) in [4.78, 5) is 28.4. The zero-order valence-electron chi connectivity index (χ0n) is 11.9. The topological polar surface area (TPSA) is 73.8 Å². The van der Waals surface area contributed by atoms with Crippen LogP contribution in [0.5, 0.6) is 0 Å². The summed E-state index contributed by atoms with van der Waals surface area (Å²) in [5.74, 6) is 0.600. The third-order valence-corrected chi connectivity index (χ3v) is 3.46. The molecule has 0 aliphatic carbocycles. The highest BCUT2D eigenvalue weighted by Gasteiger charge is 2.17. The highest BCUT2D eigenvalue weighted by molar-refractivity contribution is 5.74. The molecule has 7 heteroatoms. The molecule has 7 nitrogen and oxygen atoms in total. The average molecular weight is 265 g/mol. The van der Waals surface area contributed by atoms with Crippen LogP contribution in [0, 0.1) is 0 Å². The van der Waals surface area contributed by atoms with Crippen molar-refractivity contribution in [2.75, 3.05) is 5.32 Å². The van der Waals surface area contributed by atoms with Gasteiger partial charge >= 0.3 is 5.69 Å². The molecule has 0 aliphatic rings. The van der Waals surface area contributed by atoms with Gasteiger partial charge in [0.25, 0.3) is 5.56 Å². The molecule has 0 bridgehead atoms. The molecule has 0 fully saturated rings. The molecule has 2 rings (SSSR count). The minimum absolute atomic E-state index is 0.247. The Kier molecular flexibility index (Phi) is 3.21. The number of nitrogens with zero attached hydrogens (tertiary/aromatic N) is 4. The van der Waals surface area contributed by atoms with Crippen LogP contribution >= 0.6 is 0 Å². The van der Waals surface area contributed by atoms with Gasteiger partial charge in [0.05, 0.1) is 0 Å². The van der Waals surface area contributed by atoms with E-state index in [2.05, 4.69) is 17.2 Å². The number of aryl methyl sites for hydroxylation is 2. The molecule has 0 radical (unpaired) electrons. The van der Waals surface area contributed by atoms with Crippen molar-refractivity contribution >= 4 is 17.1 Å². The molecule has 0 spiro atoms. The second-order valence-electron chi connectivity index (χ2n) is 4.83. The van der Waals surface area contributed by atoms with E-state index in [0.29, 0.717) is 17.1 Å². The van der Waals surface area contributed by atoms with Crippen LogP contribution in [0.3, 0.4) is 0 Å². The molecule has 1 N–H and O–H groups in total. The maximum absolute atomic E-state index is 12.2. The number of nitrogens with one attached hydrogen (secondary N) is 1. The zero-order chi connectivity index (χ0) is 14.3. The van der Waals surface area contributed by atoms with Crippen LogP contribution in [-0.4, -0.2) is 24.7 Å². The van der Waals surface area contributed by atoms with Crippen LogP contribution in [0.1, 0.15) is 20.3 Å². The van der Waals surface area contributed by atoms with Crippen molar-refractivity contribution in [2.45, 2.75) is 26.3 Å². The van der Waals surface area contributed by atoms with Crippen molar-refractivity contribution in [3.05, 3.63) is 20.8 Å². The minimum atomic E-state index is -0.370. The van der Waals surface area contributed by atoms with E-state index in [0.717, 1.165) is 11.0 Å². The van der Waals surface area contributed by atoms with Gasteiger partial charge in [-0.25, -0.2) is 4.79 Å². The lowest BCUT2D eigenvalue weighted by Crippen LogP contribution is -2.37. The van der Waals surface area contributed by atoms with Crippen LogP contribution in [-0.2, 0) is 21.1 Å². The lowest BCUT2D eigenvalue weighted by atomic mass is 10.3. The zero-order valence-corrected chi connectivity index (χ0v) is 11.9. The van der Waals surface area contributed by atoms with Gasteiger partial charge in [-0.1, -0.05) is 6.92 Å². The second-order valence-corrected chi connectivity index (χ2v) is 4.83. The number of hydrogen-bond donors (Lipinski definition) is 1. The molecule has 0 aliphatic heterocycles. The van der Waals surface area contributed by atoms with Crippen LogP contribution in [0.15, 0.2) is 9.59 Å². The van der Waals surface area contributed by atoms with Gasteiger partial charge in [0.15, 0.2) is 11.2 Å². The van der Waals surface area contributed by atoms with Gasteiger partial charge in [-0.15, -0.1) is 0 Å². The summed E-state index contributed by atoms with van der Waals surface area (Å²) in [6, 6.07) is 0.247. The molecule has 0 aromatic carbocycles. The Balaban J connectivity index is 2.77. The second kappa shape index (κ2) is 4.56. The molecule has 19 heavy (non-hydrogen) atoms. The van der Waals surface area contributed by atoms with Crippen LogP contribution in [0.4, 0.5) is 5.95 Å². The SMILES string of the molecule is CC[C@H](C)Nc1nc2c(c(=O)n(C)c(=O)n2C)n1C. The van der Waals surface area contributed by atoms with Crippen molar-refractivity contribution in [3.63, 3.8) is 0 Å². The Labute approximate surface area is 110 Å². The van der Waals surface area contributed by atoms with Gasteiger partial charge in [0.1, 0.15) is 0 Å². The third kappa shape index (κ3) is 1.94. The number of hydrogen-bond acceptors (Lipinski definition) is 4. The smallest absolute Gasteiger partial charge is 0.332 e. The molecule has 2 aromatic heterocycles. The molecule has 2 heterocycles. The third-order valence-electron chi connectivity index (χ3n) is 3.46. The van der Waals surface area contributed by atoms with E-state index in [1.54, 1.807) is 18.7 Å². The van der Waals surface area contributed by atoms with Gasteiger partial charge in [-0.2, -0.15) is 4.98 Å². The molecule has 0 saturated heterocycles. The Hall–Kier alpha value is -2.05. The van der Waals surface area contributed by atoms with Crippen molar-refractivity contribution in [3.8, 4) is 0 Å². The summed E-state index contributed by atoms with van der Waals surface area (Å²) in [7, 11) is 4.86. The van der Waals surface area contributed by atoms with Crippen molar-refractivity contribution in [1.29, 1.82) is 0 Å². The summed E-state index contributed by atoms with van der Waals surface area (Å²) in [5, 5.41) is 3.23. The number of fused-ring (bicyclic) bond motifs is 1. The Morgan fingerprint density at radius 2 is 1.79 bits per heavy atom. The fourth-order valence-corrected chi connectivity index (χ4v) is 1.97. The normalized spacial score (nSPS) is 12.9. The largest absolute Gasteiger partial charge is 0.353 e. The molecule has 0 amide bonds. The Morgan fingerprint density at radius 3 is 2.37 bits per heavy atom. The van der Waals surface area contributed by atoms with E-state index in [-0.39, 0.29) is 17.3 Å². The Bertz CT molecular complexity index is 737. The van der Waals surface area contributed by atoms with Crippen molar-refractivity contribution in [1.82, 2.24) is 18.7 Å². The molecule has 0 saturated carbocycles. The van der Waals surface area contributed by atoms with Gasteiger partial charge in [-0.05, 0) is 13.3 Å². The standard InChI is InChI=1S/C12H19N5O2/c1-6-7(2)13-11-14-9-8(15(11)3)10(18)17(5)12(19)16(9)4/h7H,6H2,1-5H3,(H,13,14)/t7-/m0/s1. The summed E-state index contributed by atoms with van der Waals surface area (Å²) >= 11 is 0. The fourth-order valence-electron chi connectivity index (χ4n) is 1.97. The fraction of sp³-hybridized carbons (Fsp3) is 0.583. The number of anilines is 1. The molecule has 1 atom stereocenters. The minimum Gasteiger partial charge on any atom is -0.353 e. The summed E-state index contributed by atoms with van der Waals surface area (Å²) in [6.07, 6.45) is 0.945. The number of rotatable bonds is 3. The predicted molar refractivity (Wildman–Crippen MR) is 74.6 cm³/mol. The monoisotopic (exact) mass is 265 g/mol. The van der Waals surface area contributed by atoms with Crippen LogP contribution < -0.4 is 16.6 Å². The van der Waals surface area contributed by atoms with E-state index in [1.807, 2.05) is 6.92 Å². The van der Waals surface area contributed by atoms with E-state index in [4.69, 9.17) is 0 Å². The van der Waals surface area contributed by atoms with E-state index < -0.39 is 0 Å².